The molecule has 0 saturated heterocycles. The zero-order chi connectivity index (χ0) is 16.3. The number of rotatable bonds is 9. The fourth-order valence-corrected chi connectivity index (χ4v) is 2.12. The Morgan fingerprint density at radius 2 is 2.09 bits per heavy atom. The predicted octanol–water partition coefficient (Wildman–Crippen LogP) is 1.60. The number of unbranched alkanes of at least 4 members (excludes halogenated alkanes) is 1. The number of aliphatic imine (C=N–C) groups is 1. The lowest BCUT2D eigenvalue weighted by molar-refractivity contribution is 0.129. The number of ether oxygens (including phenoxy) is 1. The molecule has 2 aromatic heterocycles. The van der Waals surface area contributed by atoms with Crippen LogP contribution in [0.3, 0.4) is 0 Å². The van der Waals surface area contributed by atoms with Crippen molar-refractivity contribution in [3.05, 3.63) is 30.2 Å². The lowest BCUT2D eigenvalue weighted by Crippen LogP contribution is -2.38. The highest BCUT2D eigenvalue weighted by Gasteiger charge is 2.05. The van der Waals surface area contributed by atoms with Gasteiger partial charge < -0.3 is 15.4 Å². The molecule has 0 saturated carbocycles. The second kappa shape index (κ2) is 9.78. The van der Waals surface area contributed by atoms with Crippen LogP contribution in [0, 0.1) is 0 Å². The van der Waals surface area contributed by atoms with Crippen LogP contribution in [0.1, 0.15) is 32.0 Å². The topological polar surface area (TPSA) is 75.8 Å². The van der Waals surface area contributed by atoms with Crippen molar-refractivity contribution >= 4 is 11.6 Å². The Balaban J connectivity index is 1.69. The summed E-state index contributed by atoms with van der Waals surface area (Å²) >= 11 is 0. The third-order valence-electron chi connectivity index (χ3n) is 3.42. The summed E-state index contributed by atoms with van der Waals surface area (Å²) in [7, 11) is 1.76. The normalized spacial score (nSPS) is 11.8. The molecule has 7 nitrogen and oxygen atoms in total. The van der Waals surface area contributed by atoms with Crippen molar-refractivity contribution in [3.8, 4) is 0 Å². The molecule has 0 bridgehead atoms. The van der Waals surface area contributed by atoms with Gasteiger partial charge in [0.1, 0.15) is 0 Å². The summed E-state index contributed by atoms with van der Waals surface area (Å²) in [4.78, 5) is 4.21. The van der Waals surface area contributed by atoms with E-state index in [9.17, 15) is 0 Å². The minimum Gasteiger partial charge on any atom is -0.381 e. The molecule has 0 radical (unpaired) electrons. The molecule has 2 N–H and O–H groups in total. The standard InChI is InChI=1S/C16H26N6O/c1-3-4-11-23-12-7-9-18-16(17-2)19-13-15-21-20-14-8-5-6-10-22(14)15/h5-6,8,10H,3-4,7,9,11-13H2,1-2H3,(H2,17,18,19). The molecule has 7 heteroatoms. The third kappa shape index (κ3) is 5.52. The summed E-state index contributed by atoms with van der Waals surface area (Å²) in [6.45, 7) is 5.19. The molecule has 0 aliphatic carbocycles. The Morgan fingerprint density at radius 1 is 1.22 bits per heavy atom. The predicted molar refractivity (Wildman–Crippen MR) is 91.5 cm³/mol. The van der Waals surface area contributed by atoms with Crippen LogP contribution in [-0.2, 0) is 11.3 Å². The van der Waals surface area contributed by atoms with Crippen LogP contribution in [-0.4, -0.2) is 47.4 Å². The first-order chi connectivity index (χ1) is 11.3. The molecule has 0 aromatic carbocycles. The average molecular weight is 318 g/mol. The van der Waals surface area contributed by atoms with Gasteiger partial charge in [-0.1, -0.05) is 19.4 Å². The van der Waals surface area contributed by atoms with Gasteiger partial charge in [0, 0.05) is 33.0 Å². The van der Waals surface area contributed by atoms with E-state index in [1.807, 2.05) is 28.8 Å². The van der Waals surface area contributed by atoms with E-state index in [1.165, 1.54) is 6.42 Å². The number of nitrogens with one attached hydrogen (secondary N) is 2. The zero-order valence-electron chi connectivity index (χ0n) is 14.0. The minimum absolute atomic E-state index is 0.567. The van der Waals surface area contributed by atoms with Crippen LogP contribution < -0.4 is 10.6 Å². The average Bonchev–Trinajstić information content (AvgIpc) is 3.00. The largest absolute Gasteiger partial charge is 0.381 e. The molecule has 23 heavy (non-hydrogen) atoms. The Bertz CT molecular complexity index is 609. The Labute approximate surface area is 137 Å². The van der Waals surface area contributed by atoms with Gasteiger partial charge in [-0.25, -0.2) is 0 Å². The number of guanidine groups is 1. The molecule has 0 aliphatic heterocycles. The van der Waals surface area contributed by atoms with Gasteiger partial charge in [0.2, 0.25) is 0 Å². The number of aromatic nitrogens is 3. The van der Waals surface area contributed by atoms with Crippen molar-refractivity contribution in [2.75, 3.05) is 26.8 Å². The number of nitrogens with zero attached hydrogens (tertiary/aromatic N) is 4. The number of hydrogen-bond donors (Lipinski definition) is 2. The molecule has 2 aromatic rings. The van der Waals surface area contributed by atoms with Crippen LogP contribution in [0.15, 0.2) is 29.4 Å². The first-order valence-corrected chi connectivity index (χ1v) is 8.16. The quantitative estimate of drug-likeness (QED) is 0.417. The second-order valence-electron chi connectivity index (χ2n) is 5.22. The van der Waals surface area contributed by atoms with E-state index in [-0.39, 0.29) is 0 Å². The summed E-state index contributed by atoms with van der Waals surface area (Å²) in [5.41, 5.74) is 0.844. The highest BCUT2D eigenvalue weighted by Crippen LogP contribution is 2.02. The molecule has 0 fully saturated rings. The van der Waals surface area contributed by atoms with Crippen molar-refractivity contribution in [2.24, 2.45) is 4.99 Å². The summed E-state index contributed by atoms with van der Waals surface area (Å²) < 4.78 is 7.49. The van der Waals surface area contributed by atoms with E-state index in [1.54, 1.807) is 7.05 Å². The molecule has 0 unspecified atom stereocenters. The van der Waals surface area contributed by atoms with Gasteiger partial charge in [0.05, 0.1) is 6.54 Å². The minimum atomic E-state index is 0.567. The van der Waals surface area contributed by atoms with Crippen molar-refractivity contribution in [3.63, 3.8) is 0 Å². The highest BCUT2D eigenvalue weighted by atomic mass is 16.5. The van der Waals surface area contributed by atoms with Crippen molar-refractivity contribution < 1.29 is 4.74 Å². The fraction of sp³-hybridized carbons (Fsp3) is 0.562. The maximum atomic E-state index is 5.53. The smallest absolute Gasteiger partial charge is 0.191 e. The van der Waals surface area contributed by atoms with Gasteiger partial charge in [-0.05, 0) is 25.0 Å². The monoisotopic (exact) mass is 318 g/mol. The molecule has 0 amide bonds. The van der Waals surface area contributed by atoms with Crippen LogP contribution in [0.2, 0.25) is 0 Å². The van der Waals surface area contributed by atoms with E-state index in [0.29, 0.717) is 6.54 Å². The molecule has 126 valence electrons. The Kier molecular flexibility index (Phi) is 7.32. The molecule has 0 atom stereocenters. The molecular formula is C16H26N6O. The first-order valence-electron chi connectivity index (χ1n) is 8.16. The van der Waals surface area contributed by atoms with Crippen molar-refractivity contribution in [1.82, 2.24) is 25.2 Å². The number of hydrogen-bond acceptors (Lipinski definition) is 4. The lowest BCUT2D eigenvalue weighted by atomic mass is 10.4. The summed E-state index contributed by atoms with van der Waals surface area (Å²) in [6.07, 6.45) is 5.21. The van der Waals surface area contributed by atoms with Gasteiger partial charge in [0.15, 0.2) is 17.4 Å². The molecule has 0 spiro atoms. The van der Waals surface area contributed by atoms with Crippen LogP contribution in [0.25, 0.3) is 5.65 Å². The summed E-state index contributed by atoms with van der Waals surface area (Å²) in [5.74, 6) is 1.61. The van der Waals surface area contributed by atoms with Gasteiger partial charge in [0.25, 0.3) is 0 Å². The molecule has 2 rings (SSSR count). The summed E-state index contributed by atoms with van der Waals surface area (Å²) in [5, 5.41) is 14.8. The molecule has 2 heterocycles. The van der Waals surface area contributed by atoms with E-state index >= 15 is 0 Å². The number of pyridine rings is 1. The van der Waals surface area contributed by atoms with Crippen LogP contribution >= 0.6 is 0 Å². The van der Waals surface area contributed by atoms with Crippen LogP contribution in [0.4, 0.5) is 0 Å². The zero-order valence-corrected chi connectivity index (χ0v) is 14.0. The number of fused-ring (bicyclic) bond motifs is 1. The van der Waals surface area contributed by atoms with Crippen LogP contribution in [0.5, 0.6) is 0 Å². The van der Waals surface area contributed by atoms with Gasteiger partial charge >= 0.3 is 0 Å². The first kappa shape index (κ1) is 17.2. The van der Waals surface area contributed by atoms with Gasteiger partial charge in [-0.2, -0.15) is 0 Å². The molecular weight excluding hydrogens is 292 g/mol. The van der Waals surface area contributed by atoms with Gasteiger partial charge in [-0.15, -0.1) is 10.2 Å². The lowest BCUT2D eigenvalue weighted by Gasteiger charge is -2.11. The second-order valence-corrected chi connectivity index (χ2v) is 5.22. The summed E-state index contributed by atoms with van der Waals surface area (Å²) in [6, 6.07) is 5.85. The SMILES string of the molecule is CCCCOCCCNC(=NC)NCc1nnc2ccccn12. The molecule has 0 aliphatic rings. The van der Waals surface area contributed by atoms with E-state index in [2.05, 4.69) is 32.7 Å². The van der Waals surface area contributed by atoms with E-state index in [0.717, 1.165) is 50.0 Å². The van der Waals surface area contributed by atoms with Crippen molar-refractivity contribution in [2.45, 2.75) is 32.7 Å². The maximum absolute atomic E-state index is 5.53. The Morgan fingerprint density at radius 3 is 2.91 bits per heavy atom. The maximum Gasteiger partial charge on any atom is 0.191 e. The van der Waals surface area contributed by atoms with Crippen molar-refractivity contribution in [1.29, 1.82) is 0 Å². The van der Waals surface area contributed by atoms with Gasteiger partial charge in [-0.3, -0.25) is 9.39 Å². The third-order valence-corrected chi connectivity index (χ3v) is 3.42. The fourth-order valence-electron chi connectivity index (χ4n) is 2.12. The van der Waals surface area contributed by atoms with E-state index in [4.69, 9.17) is 4.74 Å². The van der Waals surface area contributed by atoms with E-state index < -0.39 is 0 Å². The Hall–Kier alpha value is -2.15. The highest BCUT2D eigenvalue weighted by molar-refractivity contribution is 5.79.